The minimum absolute atomic E-state index is 0.288. The van der Waals surface area contributed by atoms with Crippen molar-refractivity contribution in [1.82, 2.24) is 15.2 Å². The van der Waals surface area contributed by atoms with Crippen LogP contribution >= 0.6 is 0 Å². The Kier molecular flexibility index (Phi) is 5.76. The van der Waals surface area contributed by atoms with Crippen LogP contribution in [0, 0.1) is 5.82 Å². The maximum Gasteiger partial charge on any atom is 0.243 e. The van der Waals surface area contributed by atoms with E-state index in [1.165, 1.54) is 18.3 Å². The van der Waals surface area contributed by atoms with Gasteiger partial charge in [0.25, 0.3) is 0 Å². The second kappa shape index (κ2) is 7.79. The molecule has 2 aromatic rings. The summed E-state index contributed by atoms with van der Waals surface area (Å²) in [5, 5.41) is 21.7. The molecule has 0 spiro atoms. The van der Waals surface area contributed by atoms with E-state index in [-0.39, 0.29) is 17.8 Å². The number of aliphatic hydroxyl groups is 1. The Balaban J connectivity index is 2.20. The maximum atomic E-state index is 13.0. The van der Waals surface area contributed by atoms with E-state index in [9.17, 15) is 9.50 Å². The molecule has 1 aromatic carbocycles. The first-order valence-corrected chi connectivity index (χ1v) is 7.65. The molecule has 0 aliphatic heterocycles. The quantitative estimate of drug-likeness (QED) is 0.727. The van der Waals surface area contributed by atoms with Crippen LogP contribution in [0.3, 0.4) is 0 Å². The fraction of sp³-hybridized carbons (Fsp3) is 0.278. The van der Waals surface area contributed by atoms with E-state index in [4.69, 9.17) is 0 Å². The van der Waals surface area contributed by atoms with Crippen molar-refractivity contribution in [2.75, 3.05) is 5.32 Å². The molecular formula is C18H21FN4O. The fourth-order valence-electron chi connectivity index (χ4n) is 2.39. The van der Waals surface area contributed by atoms with E-state index in [1.807, 2.05) is 6.92 Å². The lowest BCUT2D eigenvalue weighted by molar-refractivity contribution is 0.0314. The number of nitrogens with zero attached hydrogens (tertiary/aromatic N) is 3. The topological polar surface area (TPSA) is 70.9 Å². The molecule has 5 nitrogen and oxygen atoms in total. The molecule has 0 radical (unpaired) electrons. The zero-order valence-electron chi connectivity index (χ0n) is 13.6. The zero-order valence-corrected chi connectivity index (χ0v) is 13.6. The molecule has 0 aliphatic rings. The lowest BCUT2D eigenvalue weighted by Crippen LogP contribution is -2.44. The van der Waals surface area contributed by atoms with Crippen molar-refractivity contribution in [3.8, 4) is 11.3 Å². The predicted molar refractivity (Wildman–Crippen MR) is 92.9 cm³/mol. The molecule has 1 heterocycles. The Bertz CT molecular complexity index is 692. The van der Waals surface area contributed by atoms with Gasteiger partial charge in [0.15, 0.2) is 0 Å². The first kappa shape index (κ1) is 17.7. The van der Waals surface area contributed by atoms with Crippen molar-refractivity contribution in [2.24, 2.45) is 0 Å². The van der Waals surface area contributed by atoms with Gasteiger partial charge in [-0.2, -0.15) is 5.10 Å². The second-order valence-electron chi connectivity index (χ2n) is 5.63. The van der Waals surface area contributed by atoms with Gasteiger partial charge in [-0.3, -0.25) is 0 Å². The van der Waals surface area contributed by atoms with Crippen LogP contribution in [-0.4, -0.2) is 31.9 Å². The van der Waals surface area contributed by atoms with Crippen molar-refractivity contribution in [1.29, 1.82) is 0 Å². The van der Waals surface area contributed by atoms with E-state index in [2.05, 4.69) is 33.7 Å². The van der Waals surface area contributed by atoms with Crippen LogP contribution in [0.1, 0.15) is 19.8 Å². The standard InChI is InChI=1S/C18H21FN4O/c1-4-10-18(24,11-5-2)13(3)21-17-22-16(12-20-23-17)14-6-8-15(19)9-7-14/h4-9,12-13,24H,1-2,10-11H2,3H3,(H,21,22,23)/t13-/m0/s1. The van der Waals surface area contributed by atoms with Crippen LogP contribution in [0.2, 0.25) is 0 Å². The van der Waals surface area contributed by atoms with Gasteiger partial charge < -0.3 is 10.4 Å². The summed E-state index contributed by atoms with van der Waals surface area (Å²) in [6, 6.07) is 5.62. The van der Waals surface area contributed by atoms with Crippen LogP contribution in [-0.2, 0) is 0 Å². The summed E-state index contributed by atoms with van der Waals surface area (Å²) in [4.78, 5) is 4.38. The number of benzene rings is 1. The second-order valence-corrected chi connectivity index (χ2v) is 5.63. The van der Waals surface area contributed by atoms with Crippen LogP contribution in [0.5, 0.6) is 0 Å². The number of nitrogens with one attached hydrogen (secondary N) is 1. The minimum Gasteiger partial charge on any atom is -0.387 e. The molecule has 0 amide bonds. The molecule has 0 saturated heterocycles. The third kappa shape index (κ3) is 4.23. The number of aromatic nitrogens is 3. The summed E-state index contributed by atoms with van der Waals surface area (Å²) < 4.78 is 13.0. The molecule has 2 rings (SSSR count). The summed E-state index contributed by atoms with van der Waals surface area (Å²) in [6.07, 6.45) is 5.63. The van der Waals surface area contributed by atoms with E-state index in [1.54, 1.807) is 24.3 Å². The summed E-state index contributed by atoms with van der Waals surface area (Å²) in [7, 11) is 0. The van der Waals surface area contributed by atoms with Gasteiger partial charge in [-0.25, -0.2) is 9.37 Å². The lowest BCUT2D eigenvalue weighted by Gasteiger charge is -2.33. The van der Waals surface area contributed by atoms with Crippen LogP contribution in [0.4, 0.5) is 10.3 Å². The molecule has 24 heavy (non-hydrogen) atoms. The summed E-state index contributed by atoms with van der Waals surface area (Å²) in [5.41, 5.74) is 0.253. The monoisotopic (exact) mass is 328 g/mol. The Labute approximate surface area is 141 Å². The van der Waals surface area contributed by atoms with Crippen molar-refractivity contribution >= 4 is 5.95 Å². The Morgan fingerprint density at radius 1 is 1.25 bits per heavy atom. The van der Waals surface area contributed by atoms with Gasteiger partial charge in [0, 0.05) is 5.56 Å². The molecule has 0 saturated carbocycles. The molecular weight excluding hydrogens is 307 g/mol. The van der Waals surface area contributed by atoms with Crippen LogP contribution < -0.4 is 5.32 Å². The number of hydrogen-bond acceptors (Lipinski definition) is 5. The van der Waals surface area contributed by atoms with Crippen molar-refractivity contribution in [3.05, 3.63) is 61.6 Å². The number of halogens is 1. The molecule has 0 unspecified atom stereocenters. The highest BCUT2D eigenvalue weighted by Crippen LogP contribution is 2.24. The van der Waals surface area contributed by atoms with Gasteiger partial charge in [-0.05, 0) is 44.0 Å². The Morgan fingerprint density at radius 2 is 1.88 bits per heavy atom. The number of rotatable bonds is 8. The van der Waals surface area contributed by atoms with Crippen LogP contribution in [0.25, 0.3) is 11.3 Å². The van der Waals surface area contributed by atoms with E-state index >= 15 is 0 Å². The van der Waals surface area contributed by atoms with Gasteiger partial charge in [-0.1, -0.05) is 12.2 Å². The normalized spacial score (nSPS) is 12.5. The Morgan fingerprint density at radius 3 is 2.46 bits per heavy atom. The average molecular weight is 328 g/mol. The molecule has 0 bridgehead atoms. The fourth-order valence-corrected chi connectivity index (χ4v) is 2.39. The highest BCUT2D eigenvalue weighted by Gasteiger charge is 2.31. The molecule has 126 valence electrons. The maximum absolute atomic E-state index is 13.0. The van der Waals surface area contributed by atoms with Crippen molar-refractivity contribution in [2.45, 2.75) is 31.4 Å². The van der Waals surface area contributed by atoms with Gasteiger partial charge >= 0.3 is 0 Å². The highest BCUT2D eigenvalue weighted by atomic mass is 19.1. The summed E-state index contributed by atoms with van der Waals surface area (Å²) >= 11 is 0. The lowest BCUT2D eigenvalue weighted by atomic mass is 9.88. The SMILES string of the molecule is C=CCC(O)(CC=C)[C@H](C)Nc1nncc(-c2ccc(F)cc2)n1. The van der Waals surface area contributed by atoms with Crippen LogP contribution in [0.15, 0.2) is 55.8 Å². The molecule has 6 heteroatoms. The van der Waals surface area contributed by atoms with Gasteiger partial charge in [-0.15, -0.1) is 18.3 Å². The number of hydrogen-bond donors (Lipinski definition) is 2. The van der Waals surface area contributed by atoms with E-state index in [0.29, 0.717) is 18.5 Å². The van der Waals surface area contributed by atoms with E-state index < -0.39 is 5.60 Å². The smallest absolute Gasteiger partial charge is 0.243 e. The minimum atomic E-state index is -1.04. The van der Waals surface area contributed by atoms with E-state index in [0.717, 1.165) is 5.56 Å². The Hall–Kier alpha value is -2.60. The average Bonchev–Trinajstić information content (AvgIpc) is 2.56. The molecule has 0 aliphatic carbocycles. The molecule has 1 aromatic heterocycles. The summed E-state index contributed by atoms with van der Waals surface area (Å²) in [6.45, 7) is 9.20. The molecule has 1 atom stereocenters. The highest BCUT2D eigenvalue weighted by molar-refractivity contribution is 5.58. The zero-order chi connectivity index (χ0) is 17.6. The van der Waals surface area contributed by atoms with Gasteiger partial charge in [0.2, 0.25) is 5.95 Å². The third-order valence-corrected chi connectivity index (χ3v) is 3.85. The molecule has 2 N–H and O–H groups in total. The predicted octanol–water partition coefficient (Wildman–Crippen LogP) is 3.36. The first-order chi connectivity index (χ1) is 11.5. The summed E-state index contributed by atoms with van der Waals surface area (Å²) in [5.74, 6) is -0.0254. The van der Waals surface area contributed by atoms with Crippen molar-refractivity contribution < 1.29 is 9.50 Å². The van der Waals surface area contributed by atoms with Crippen molar-refractivity contribution in [3.63, 3.8) is 0 Å². The van der Waals surface area contributed by atoms with Gasteiger partial charge in [0.05, 0.1) is 23.5 Å². The largest absolute Gasteiger partial charge is 0.387 e. The van der Waals surface area contributed by atoms with Gasteiger partial charge in [0.1, 0.15) is 5.82 Å². The number of anilines is 1. The molecule has 0 fully saturated rings. The first-order valence-electron chi connectivity index (χ1n) is 7.65. The third-order valence-electron chi connectivity index (χ3n) is 3.85.